The fraction of sp³-hybridized carbons (Fsp3) is 0.188. The summed E-state index contributed by atoms with van der Waals surface area (Å²) in [6, 6.07) is 8.56. The first kappa shape index (κ1) is 13.9. The predicted molar refractivity (Wildman–Crippen MR) is 81.1 cm³/mol. The van der Waals surface area contributed by atoms with Gasteiger partial charge in [-0.25, -0.2) is 0 Å². The molecule has 2 aromatic carbocycles. The van der Waals surface area contributed by atoms with Gasteiger partial charge in [-0.2, -0.15) is 0 Å². The van der Waals surface area contributed by atoms with E-state index in [2.05, 4.69) is 5.32 Å². The monoisotopic (exact) mass is 270 g/mol. The van der Waals surface area contributed by atoms with Gasteiger partial charge in [-0.05, 0) is 50.1 Å². The molecule has 0 atom stereocenters. The van der Waals surface area contributed by atoms with Crippen LogP contribution in [0.1, 0.15) is 27.0 Å². The van der Waals surface area contributed by atoms with Crippen molar-refractivity contribution in [3.63, 3.8) is 0 Å². The first-order valence-electron chi connectivity index (χ1n) is 6.37. The molecular formula is C16H18N2O2. The van der Waals surface area contributed by atoms with Crippen molar-refractivity contribution >= 4 is 17.3 Å². The topological polar surface area (TPSA) is 75.3 Å². The van der Waals surface area contributed by atoms with Crippen molar-refractivity contribution in [3.05, 3.63) is 52.6 Å². The number of benzene rings is 2. The maximum atomic E-state index is 12.3. The number of anilines is 2. The van der Waals surface area contributed by atoms with Crippen LogP contribution in [0.3, 0.4) is 0 Å². The third-order valence-corrected chi connectivity index (χ3v) is 3.56. The minimum Gasteiger partial charge on any atom is -0.508 e. The Hall–Kier alpha value is -2.49. The van der Waals surface area contributed by atoms with Crippen LogP contribution in [0.25, 0.3) is 0 Å². The van der Waals surface area contributed by atoms with E-state index in [4.69, 9.17) is 5.73 Å². The molecule has 0 fully saturated rings. The highest BCUT2D eigenvalue weighted by atomic mass is 16.3. The highest BCUT2D eigenvalue weighted by Crippen LogP contribution is 2.27. The predicted octanol–water partition coefficient (Wildman–Crippen LogP) is 3.15. The minimum atomic E-state index is -0.279. The van der Waals surface area contributed by atoms with Gasteiger partial charge in [0.2, 0.25) is 0 Å². The van der Waals surface area contributed by atoms with Crippen LogP contribution in [-0.2, 0) is 0 Å². The minimum absolute atomic E-state index is 0.103. The summed E-state index contributed by atoms with van der Waals surface area (Å²) in [4.78, 5) is 12.3. The molecule has 0 aromatic heterocycles. The van der Waals surface area contributed by atoms with Crippen molar-refractivity contribution in [3.8, 4) is 5.75 Å². The number of amides is 1. The summed E-state index contributed by atoms with van der Waals surface area (Å²) in [6.45, 7) is 5.58. The average Bonchev–Trinajstić information content (AvgIpc) is 2.42. The van der Waals surface area contributed by atoms with E-state index in [1.165, 1.54) is 0 Å². The Morgan fingerprint density at radius 3 is 2.50 bits per heavy atom. The second-order valence-electron chi connectivity index (χ2n) is 4.88. The first-order chi connectivity index (χ1) is 9.41. The van der Waals surface area contributed by atoms with Crippen molar-refractivity contribution in [1.82, 2.24) is 0 Å². The van der Waals surface area contributed by atoms with E-state index in [9.17, 15) is 9.90 Å². The zero-order valence-corrected chi connectivity index (χ0v) is 11.8. The van der Waals surface area contributed by atoms with E-state index in [1.54, 1.807) is 31.2 Å². The van der Waals surface area contributed by atoms with Crippen LogP contribution in [0.4, 0.5) is 11.4 Å². The second kappa shape index (κ2) is 5.25. The third-order valence-electron chi connectivity index (χ3n) is 3.56. The molecule has 0 saturated heterocycles. The molecule has 0 radical (unpaired) electrons. The SMILES string of the molecule is Cc1ccc(N)c(NC(=O)c2cccc(O)c2C)c1C. The lowest BCUT2D eigenvalue weighted by atomic mass is 10.0. The van der Waals surface area contributed by atoms with E-state index in [0.29, 0.717) is 22.5 Å². The zero-order valence-electron chi connectivity index (χ0n) is 11.8. The van der Waals surface area contributed by atoms with Gasteiger partial charge in [-0.15, -0.1) is 0 Å². The van der Waals surface area contributed by atoms with Crippen molar-refractivity contribution in [2.45, 2.75) is 20.8 Å². The van der Waals surface area contributed by atoms with Gasteiger partial charge in [-0.1, -0.05) is 12.1 Å². The molecule has 2 aromatic rings. The highest BCUT2D eigenvalue weighted by molar-refractivity contribution is 6.07. The molecular weight excluding hydrogens is 252 g/mol. The number of hydrogen-bond acceptors (Lipinski definition) is 3. The molecule has 0 saturated carbocycles. The van der Waals surface area contributed by atoms with Gasteiger partial charge in [0.05, 0.1) is 11.4 Å². The summed E-state index contributed by atoms with van der Waals surface area (Å²) in [7, 11) is 0. The van der Waals surface area contributed by atoms with Crippen LogP contribution < -0.4 is 11.1 Å². The number of hydrogen-bond donors (Lipinski definition) is 3. The summed E-state index contributed by atoms with van der Waals surface area (Å²) in [5.74, 6) is -0.176. The largest absolute Gasteiger partial charge is 0.508 e. The standard InChI is InChI=1S/C16H18N2O2/c1-9-7-8-13(17)15(10(9)2)18-16(20)12-5-4-6-14(19)11(12)3/h4-8,19H,17H2,1-3H3,(H,18,20). The maximum absolute atomic E-state index is 12.3. The van der Waals surface area contributed by atoms with Crippen LogP contribution in [0, 0.1) is 20.8 Å². The molecule has 0 unspecified atom stereocenters. The molecule has 0 heterocycles. The lowest BCUT2D eigenvalue weighted by Crippen LogP contribution is -2.15. The molecule has 1 amide bonds. The number of phenols is 1. The van der Waals surface area contributed by atoms with Crippen molar-refractivity contribution < 1.29 is 9.90 Å². The molecule has 0 spiro atoms. The Morgan fingerprint density at radius 1 is 1.10 bits per heavy atom. The van der Waals surface area contributed by atoms with Crippen LogP contribution in [-0.4, -0.2) is 11.0 Å². The highest BCUT2D eigenvalue weighted by Gasteiger charge is 2.14. The van der Waals surface area contributed by atoms with Gasteiger partial charge in [0.1, 0.15) is 5.75 Å². The van der Waals surface area contributed by atoms with E-state index < -0.39 is 0 Å². The summed E-state index contributed by atoms with van der Waals surface area (Å²) >= 11 is 0. The fourth-order valence-electron chi connectivity index (χ4n) is 2.05. The zero-order chi connectivity index (χ0) is 14.9. The summed E-state index contributed by atoms with van der Waals surface area (Å²) in [5, 5.41) is 12.5. The van der Waals surface area contributed by atoms with Gasteiger partial charge >= 0.3 is 0 Å². The Morgan fingerprint density at radius 2 is 1.80 bits per heavy atom. The van der Waals surface area contributed by atoms with Crippen LogP contribution in [0.15, 0.2) is 30.3 Å². The molecule has 2 rings (SSSR count). The van der Waals surface area contributed by atoms with Gasteiger partial charge < -0.3 is 16.2 Å². The molecule has 4 N–H and O–H groups in total. The van der Waals surface area contributed by atoms with Gasteiger partial charge in [0.15, 0.2) is 0 Å². The number of nitrogens with one attached hydrogen (secondary N) is 1. The molecule has 4 nitrogen and oxygen atoms in total. The number of nitrogen functional groups attached to an aromatic ring is 1. The van der Waals surface area contributed by atoms with E-state index in [0.717, 1.165) is 11.1 Å². The molecule has 0 bridgehead atoms. The Labute approximate surface area is 118 Å². The van der Waals surface area contributed by atoms with E-state index in [-0.39, 0.29) is 11.7 Å². The summed E-state index contributed by atoms with van der Waals surface area (Å²) < 4.78 is 0. The number of rotatable bonds is 2. The molecule has 4 heteroatoms. The molecule has 0 aliphatic carbocycles. The van der Waals surface area contributed by atoms with Crippen LogP contribution in [0.2, 0.25) is 0 Å². The fourth-order valence-corrected chi connectivity index (χ4v) is 2.05. The molecule has 20 heavy (non-hydrogen) atoms. The van der Waals surface area contributed by atoms with Crippen LogP contribution in [0.5, 0.6) is 5.75 Å². The number of aromatic hydroxyl groups is 1. The molecule has 0 aliphatic heterocycles. The molecule has 104 valence electrons. The van der Waals surface area contributed by atoms with Crippen molar-refractivity contribution in [1.29, 1.82) is 0 Å². The Kier molecular flexibility index (Phi) is 3.66. The lowest BCUT2D eigenvalue weighted by molar-refractivity contribution is 0.102. The quantitative estimate of drug-likeness (QED) is 0.734. The number of aryl methyl sites for hydroxylation is 1. The van der Waals surface area contributed by atoms with E-state index >= 15 is 0 Å². The van der Waals surface area contributed by atoms with Gasteiger partial charge in [0.25, 0.3) is 5.91 Å². The normalized spacial score (nSPS) is 10.3. The number of phenolic OH excluding ortho intramolecular Hbond substituents is 1. The lowest BCUT2D eigenvalue weighted by Gasteiger charge is -2.14. The number of carbonyl (C=O) groups is 1. The Balaban J connectivity index is 2.38. The van der Waals surface area contributed by atoms with Crippen LogP contribution >= 0.6 is 0 Å². The van der Waals surface area contributed by atoms with Gasteiger partial charge in [-0.3, -0.25) is 4.79 Å². The average molecular weight is 270 g/mol. The third kappa shape index (κ3) is 2.45. The maximum Gasteiger partial charge on any atom is 0.256 e. The Bertz CT molecular complexity index is 678. The van der Waals surface area contributed by atoms with E-state index in [1.807, 2.05) is 19.9 Å². The van der Waals surface area contributed by atoms with Gasteiger partial charge in [0, 0.05) is 11.1 Å². The first-order valence-corrected chi connectivity index (χ1v) is 6.37. The summed E-state index contributed by atoms with van der Waals surface area (Å²) in [5.41, 5.74) is 10.1. The summed E-state index contributed by atoms with van der Waals surface area (Å²) in [6.07, 6.45) is 0. The smallest absolute Gasteiger partial charge is 0.256 e. The molecule has 0 aliphatic rings. The number of nitrogens with two attached hydrogens (primary N) is 1. The second-order valence-corrected chi connectivity index (χ2v) is 4.88. The van der Waals surface area contributed by atoms with Crippen molar-refractivity contribution in [2.75, 3.05) is 11.1 Å². The van der Waals surface area contributed by atoms with Crippen molar-refractivity contribution in [2.24, 2.45) is 0 Å². The number of carbonyl (C=O) groups excluding carboxylic acids is 1.